The molecule has 0 saturated heterocycles. The van der Waals surface area contributed by atoms with Crippen molar-refractivity contribution < 1.29 is 32.0 Å². The van der Waals surface area contributed by atoms with Crippen molar-refractivity contribution in [3.63, 3.8) is 0 Å². The van der Waals surface area contributed by atoms with Crippen molar-refractivity contribution in [3.05, 3.63) is 29.8 Å². The summed E-state index contributed by atoms with van der Waals surface area (Å²) in [5.74, 6) is -0.964. The van der Waals surface area contributed by atoms with E-state index < -0.39 is 39.9 Å². The molecule has 182 valence electrons. The Bertz CT molecular complexity index is 846. The summed E-state index contributed by atoms with van der Waals surface area (Å²) < 4.78 is 34.7. The summed E-state index contributed by atoms with van der Waals surface area (Å²) in [5.41, 5.74) is -0.218. The highest BCUT2D eigenvalue weighted by molar-refractivity contribution is 7.87. The highest BCUT2D eigenvalue weighted by Gasteiger charge is 2.27. The zero-order valence-electron chi connectivity index (χ0n) is 19.7. The first-order valence-corrected chi connectivity index (χ1v) is 12.5. The number of aliphatic hydroxyl groups excluding tert-OH is 1. The second-order valence-corrected chi connectivity index (χ2v) is 10.4. The van der Waals surface area contributed by atoms with Crippen LogP contribution in [0.5, 0.6) is 0 Å². The van der Waals surface area contributed by atoms with Crippen molar-refractivity contribution in [3.8, 4) is 0 Å². The molecule has 0 radical (unpaired) electrons. The summed E-state index contributed by atoms with van der Waals surface area (Å²) in [7, 11) is -4.24. The Morgan fingerprint density at radius 1 is 1.09 bits per heavy atom. The van der Waals surface area contributed by atoms with Gasteiger partial charge in [-0.1, -0.05) is 50.8 Å². The van der Waals surface area contributed by atoms with Gasteiger partial charge in [0.05, 0.1) is 12.1 Å². The zero-order chi connectivity index (χ0) is 24.4. The number of aryl methyl sites for hydroxylation is 1. The molecule has 1 rings (SSSR count). The molecule has 2 unspecified atom stereocenters. The molecule has 0 saturated carbocycles. The number of aliphatic hydroxyl groups is 1. The molecule has 0 fully saturated rings. The summed E-state index contributed by atoms with van der Waals surface area (Å²) in [6, 6.07) is 5.58. The van der Waals surface area contributed by atoms with Gasteiger partial charge in [0.2, 0.25) is 0 Å². The Hall–Kier alpha value is -2.13. The summed E-state index contributed by atoms with van der Waals surface area (Å²) in [6.07, 6.45) is 2.26. The topological polar surface area (TPSA) is 119 Å². The van der Waals surface area contributed by atoms with Crippen molar-refractivity contribution in [2.24, 2.45) is 0 Å². The number of hydrogen-bond acceptors (Lipinski definition) is 7. The van der Waals surface area contributed by atoms with Gasteiger partial charge in [0.1, 0.15) is 10.5 Å². The average Bonchev–Trinajstić information content (AvgIpc) is 2.67. The molecule has 1 amide bonds. The van der Waals surface area contributed by atoms with E-state index in [1.54, 1.807) is 45.9 Å². The van der Waals surface area contributed by atoms with E-state index in [0.29, 0.717) is 12.0 Å². The van der Waals surface area contributed by atoms with Gasteiger partial charge in [-0.2, -0.15) is 8.42 Å². The Morgan fingerprint density at radius 2 is 1.75 bits per heavy atom. The largest absolute Gasteiger partial charge is 0.444 e. The minimum Gasteiger partial charge on any atom is -0.444 e. The molecule has 2 atom stereocenters. The van der Waals surface area contributed by atoms with Crippen molar-refractivity contribution in [2.75, 3.05) is 0 Å². The first-order chi connectivity index (χ1) is 14.9. The van der Waals surface area contributed by atoms with Crippen LogP contribution >= 0.6 is 0 Å². The lowest BCUT2D eigenvalue weighted by Crippen LogP contribution is -2.45. The maximum atomic E-state index is 12.3. The van der Waals surface area contributed by atoms with Crippen molar-refractivity contribution in [1.82, 2.24) is 5.32 Å². The maximum Gasteiger partial charge on any atom is 0.407 e. The fourth-order valence-electron chi connectivity index (χ4n) is 3.12. The Morgan fingerprint density at radius 3 is 2.34 bits per heavy atom. The number of nitrogens with one attached hydrogen (secondary N) is 1. The fraction of sp³-hybridized carbons (Fsp3) is 0.652. The fourth-order valence-corrected chi connectivity index (χ4v) is 4.25. The quantitative estimate of drug-likeness (QED) is 0.346. The third-order valence-corrected chi connectivity index (χ3v) is 6.15. The van der Waals surface area contributed by atoms with Gasteiger partial charge in [0, 0.05) is 6.42 Å². The number of amides is 1. The van der Waals surface area contributed by atoms with Crippen LogP contribution in [-0.2, 0) is 23.8 Å². The lowest BCUT2D eigenvalue weighted by atomic mass is 9.99. The van der Waals surface area contributed by atoms with Crippen LogP contribution in [-0.4, -0.2) is 43.3 Å². The second kappa shape index (κ2) is 12.8. The molecule has 1 aromatic carbocycles. The number of alkyl carbamates (subject to hydrolysis) is 1. The predicted octanol–water partition coefficient (Wildman–Crippen LogP) is 4.23. The molecule has 0 spiro atoms. The van der Waals surface area contributed by atoms with E-state index in [1.807, 2.05) is 0 Å². The molecule has 9 heteroatoms. The van der Waals surface area contributed by atoms with E-state index in [1.165, 1.54) is 6.07 Å². The first kappa shape index (κ1) is 27.9. The highest BCUT2D eigenvalue weighted by Crippen LogP contribution is 2.19. The monoisotopic (exact) mass is 471 g/mol. The summed E-state index contributed by atoms with van der Waals surface area (Å²) >= 11 is 0. The van der Waals surface area contributed by atoms with E-state index in [0.717, 1.165) is 25.7 Å². The highest BCUT2D eigenvalue weighted by atomic mass is 32.2. The molecule has 2 N–H and O–H groups in total. The van der Waals surface area contributed by atoms with Crippen LogP contribution in [0.25, 0.3) is 0 Å². The molecule has 0 aliphatic carbocycles. The number of unbranched alkanes of at least 4 members (excludes halogenated alkanes) is 3. The van der Waals surface area contributed by atoms with E-state index in [2.05, 4.69) is 12.2 Å². The van der Waals surface area contributed by atoms with Gasteiger partial charge in [-0.3, -0.25) is 4.79 Å². The van der Waals surface area contributed by atoms with Crippen molar-refractivity contribution in [2.45, 2.75) is 102 Å². The number of ether oxygens (including phenoxy) is 1. The average molecular weight is 472 g/mol. The third-order valence-electron chi connectivity index (χ3n) is 4.75. The van der Waals surface area contributed by atoms with Gasteiger partial charge in [0.25, 0.3) is 0 Å². The molecule has 0 aliphatic heterocycles. The van der Waals surface area contributed by atoms with Crippen LogP contribution in [0.15, 0.2) is 29.2 Å². The lowest BCUT2D eigenvalue weighted by molar-refractivity contribution is -0.134. The molecule has 8 nitrogen and oxygen atoms in total. The van der Waals surface area contributed by atoms with Gasteiger partial charge < -0.3 is 19.3 Å². The van der Waals surface area contributed by atoms with E-state index in [9.17, 15) is 23.1 Å². The molecule has 32 heavy (non-hydrogen) atoms. The van der Waals surface area contributed by atoms with Gasteiger partial charge >= 0.3 is 22.2 Å². The second-order valence-electron chi connectivity index (χ2n) is 8.88. The Kier molecular flexibility index (Phi) is 11.2. The van der Waals surface area contributed by atoms with Gasteiger partial charge in [0.15, 0.2) is 0 Å². The van der Waals surface area contributed by atoms with Crippen LogP contribution in [0, 0.1) is 6.92 Å². The Balaban J connectivity index is 2.70. The van der Waals surface area contributed by atoms with Crippen molar-refractivity contribution in [1.29, 1.82) is 0 Å². The molecule has 0 aliphatic rings. The van der Waals surface area contributed by atoms with Crippen molar-refractivity contribution >= 4 is 22.2 Å². The van der Waals surface area contributed by atoms with E-state index in [4.69, 9.17) is 8.92 Å². The van der Waals surface area contributed by atoms with E-state index >= 15 is 0 Å². The van der Waals surface area contributed by atoms with Crippen LogP contribution < -0.4 is 5.32 Å². The molecule has 0 bridgehead atoms. The SMILES string of the molecule is CCCCCCC(NC(=O)OC(C)(C)C)C(O)CCC(=O)OS(=O)(=O)c1ccccc1C. The summed E-state index contributed by atoms with van der Waals surface area (Å²) in [5, 5.41) is 13.3. The predicted molar refractivity (Wildman–Crippen MR) is 122 cm³/mol. The molecule has 0 heterocycles. The standard InChI is InChI=1S/C23H37NO7S/c1-6-7-8-9-13-18(24-22(27)30-23(3,4)5)19(25)15-16-21(26)31-32(28,29)20-14-11-10-12-17(20)2/h10-12,14,18-19,25H,6-9,13,15-16H2,1-5H3,(H,24,27). The zero-order valence-corrected chi connectivity index (χ0v) is 20.5. The summed E-state index contributed by atoms with van der Waals surface area (Å²) in [4.78, 5) is 24.2. The molecule has 1 aromatic rings. The van der Waals surface area contributed by atoms with Crippen LogP contribution in [0.4, 0.5) is 4.79 Å². The lowest BCUT2D eigenvalue weighted by Gasteiger charge is -2.26. The third kappa shape index (κ3) is 10.5. The number of carbonyl (C=O) groups is 2. The van der Waals surface area contributed by atoms with Crippen LogP contribution in [0.3, 0.4) is 0 Å². The number of hydrogen-bond donors (Lipinski definition) is 2. The molecular formula is C23H37NO7S. The van der Waals surface area contributed by atoms with Gasteiger partial charge in [-0.25, -0.2) is 4.79 Å². The normalized spacial score (nSPS) is 13.8. The minimum absolute atomic E-state index is 0.0592. The first-order valence-electron chi connectivity index (χ1n) is 11.1. The molecule has 0 aromatic heterocycles. The number of rotatable bonds is 12. The van der Waals surface area contributed by atoms with Gasteiger partial charge in [-0.15, -0.1) is 0 Å². The van der Waals surface area contributed by atoms with E-state index in [-0.39, 0.29) is 17.7 Å². The smallest absolute Gasteiger partial charge is 0.407 e. The number of carbonyl (C=O) groups excluding carboxylic acids is 2. The van der Waals surface area contributed by atoms with Crippen LogP contribution in [0.2, 0.25) is 0 Å². The summed E-state index contributed by atoms with van der Waals surface area (Å²) in [6.45, 7) is 8.91. The molecular weight excluding hydrogens is 434 g/mol. The van der Waals surface area contributed by atoms with Gasteiger partial charge in [-0.05, 0) is 52.2 Å². The maximum absolute atomic E-state index is 12.3. The minimum atomic E-state index is -4.24. The van der Waals surface area contributed by atoms with Crippen LogP contribution in [0.1, 0.15) is 78.2 Å². The Labute approximate surface area is 191 Å². The number of benzene rings is 1.